The number of hydrogen-bond acceptors (Lipinski definition) is 4. The minimum Gasteiger partial charge on any atom is -0.455 e. The van der Waals surface area contributed by atoms with Gasteiger partial charge in [-0.05, 0) is 137 Å². The second-order valence-electron chi connectivity index (χ2n) is 21.8. The van der Waals surface area contributed by atoms with E-state index in [9.17, 15) is 0 Å². The fraction of sp³-hybridized carbons (Fsp3) is 0.159. The number of nitrogens with zero attached hydrogens (tertiary/aromatic N) is 2. The fourth-order valence-corrected chi connectivity index (χ4v) is 12.9. The van der Waals surface area contributed by atoms with E-state index >= 15 is 4.39 Å². The average Bonchev–Trinajstić information content (AvgIpc) is 4.08. The van der Waals surface area contributed by atoms with Crippen molar-refractivity contribution in [3.63, 3.8) is 0 Å². The molecule has 1 aliphatic carbocycles. The zero-order valence-electron chi connectivity index (χ0n) is 43.3. The van der Waals surface area contributed by atoms with Crippen molar-refractivity contribution < 1.29 is 8.81 Å². The Labute approximate surface area is 438 Å². The van der Waals surface area contributed by atoms with Crippen molar-refractivity contribution in [2.75, 3.05) is 9.80 Å². The third kappa shape index (κ3) is 7.51. The summed E-state index contributed by atoms with van der Waals surface area (Å²) in [4.78, 5) is 4.82. The highest BCUT2D eigenvalue weighted by Crippen LogP contribution is 2.65. The van der Waals surface area contributed by atoms with Gasteiger partial charge in [-0.15, -0.1) is 11.3 Å². The summed E-state index contributed by atoms with van der Waals surface area (Å²) in [6.45, 7) is 17.8. The van der Waals surface area contributed by atoms with Gasteiger partial charge in [-0.1, -0.05) is 175 Å². The number of rotatable bonds is 9. The first kappa shape index (κ1) is 47.0. The number of anilines is 5. The monoisotopic (exact) mass is 982 g/mol. The van der Waals surface area contributed by atoms with Gasteiger partial charge in [0, 0.05) is 59.4 Å². The van der Waals surface area contributed by atoms with Gasteiger partial charge in [0.1, 0.15) is 17.0 Å². The molecule has 74 heavy (non-hydrogen) atoms. The van der Waals surface area contributed by atoms with E-state index in [2.05, 4.69) is 259 Å². The maximum Gasteiger partial charge on any atom is 0.145 e. The first-order chi connectivity index (χ1) is 35.8. The van der Waals surface area contributed by atoms with Gasteiger partial charge in [-0.2, -0.15) is 0 Å². The summed E-state index contributed by atoms with van der Waals surface area (Å²) >= 11 is 1.82. The molecule has 0 saturated heterocycles. The summed E-state index contributed by atoms with van der Waals surface area (Å²) in [5.41, 5.74) is 15.3. The molecular formula is C69H59FN2OS. The third-order valence-corrected chi connectivity index (χ3v) is 16.3. The number of allylic oxidation sites excluding steroid dienone is 4. The lowest BCUT2D eigenvalue weighted by Crippen LogP contribution is -2.29. The molecule has 0 radical (unpaired) electrons. The molecule has 1 unspecified atom stereocenters. The molecule has 1 atom stereocenters. The van der Waals surface area contributed by atoms with E-state index in [1.807, 2.05) is 17.4 Å². The van der Waals surface area contributed by atoms with Crippen LogP contribution in [-0.2, 0) is 16.2 Å². The summed E-state index contributed by atoms with van der Waals surface area (Å²) in [5.74, 6) is -0.295. The molecule has 0 N–H and O–H groups in total. The molecule has 11 aromatic rings. The van der Waals surface area contributed by atoms with Crippen LogP contribution in [0.1, 0.15) is 88.8 Å². The van der Waals surface area contributed by atoms with Crippen LogP contribution in [0.3, 0.4) is 0 Å². The van der Waals surface area contributed by atoms with Crippen LogP contribution >= 0.6 is 11.3 Å². The van der Waals surface area contributed by atoms with Crippen LogP contribution in [0.15, 0.2) is 222 Å². The van der Waals surface area contributed by atoms with Gasteiger partial charge in [0.2, 0.25) is 0 Å². The van der Waals surface area contributed by atoms with Gasteiger partial charge >= 0.3 is 0 Å². The van der Waals surface area contributed by atoms with Gasteiger partial charge < -0.3 is 14.2 Å². The Bertz CT molecular complexity index is 4000. The Morgan fingerprint density at radius 1 is 0.554 bits per heavy atom. The highest BCUT2D eigenvalue weighted by atomic mass is 32.1. The van der Waals surface area contributed by atoms with Crippen molar-refractivity contribution >= 4 is 81.9 Å². The lowest BCUT2D eigenvalue weighted by molar-refractivity contribution is 0.590. The molecule has 364 valence electrons. The summed E-state index contributed by atoms with van der Waals surface area (Å²) in [6, 6.07) is 69.0. The van der Waals surface area contributed by atoms with E-state index < -0.39 is 5.41 Å². The Hall–Kier alpha value is -7.99. The first-order valence-corrected chi connectivity index (χ1v) is 26.5. The molecule has 3 nitrogen and oxygen atoms in total. The molecule has 0 spiro atoms. The SMILES string of the molecule is C/C=C\C=C(/C)N(c1ccc(C(C)(C)C)cc1)c1cc2c(c3oc4ccccc4c13)-c1c(cc(N(c3ccccc3)c3ccc(C(C)(C)C)cc3)c3c1sc1ccccc13)C2(c1ccccc1)c1cccc(F)c1. The van der Waals surface area contributed by atoms with Gasteiger partial charge in [0.15, 0.2) is 0 Å². The zero-order chi connectivity index (χ0) is 51.1. The summed E-state index contributed by atoms with van der Waals surface area (Å²) in [5, 5.41) is 4.37. The number of halogens is 1. The summed E-state index contributed by atoms with van der Waals surface area (Å²) < 4.78 is 26.3. The minimum atomic E-state index is -1.05. The molecule has 2 aromatic heterocycles. The molecule has 5 heteroatoms. The van der Waals surface area contributed by atoms with Crippen LogP contribution in [-0.4, -0.2) is 0 Å². The number of benzene rings is 9. The second-order valence-corrected chi connectivity index (χ2v) is 22.9. The van der Waals surface area contributed by atoms with Crippen LogP contribution in [0, 0.1) is 5.82 Å². The lowest BCUT2D eigenvalue weighted by Gasteiger charge is -2.36. The van der Waals surface area contributed by atoms with E-state index in [0.717, 1.165) is 99.5 Å². The number of para-hydroxylation sites is 2. The second kappa shape index (κ2) is 17.9. The third-order valence-electron chi connectivity index (χ3n) is 15.1. The Kier molecular flexibility index (Phi) is 11.4. The summed E-state index contributed by atoms with van der Waals surface area (Å²) in [7, 11) is 0. The number of furan rings is 1. The van der Waals surface area contributed by atoms with Crippen LogP contribution in [0.25, 0.3) is 53.2 Å². The van der Waals surface area contributed by atoms with Crippen LogP contribution in [0.5, 0.6) is 0 Å². The smallest absolute Gasteiger partial charge is 0.145 e. The molecule has 2 heterocycles. The zero-order valence-corrected chi connectivity index (χ0v) is 44.1. The molecular weight excluding hydrogens is 924 g/mol. The predicted octanol–water partition coefficient (Wildman–Crippen LogP) is 20.1. The predicted molar refractivity (Wildman–Crippen MR) is 313 cm³/mol. The van der Waals surface area contributed by atoms with Crippen molar-refractivity contribution in [1.82, 2.24) is 0 Å². The molecule has 1 aliphatic rings. The van der Waals surface area contributed by atoms with Gasteiger partial charge in [-0.3, -0.25) is 0 Å². The van der Waals surface area contributed by atoms with Crippen molar-refractivity contribution in [2.45, 2.75) is 71.6 Å². The molecule has 0 aliphatic heterocycles. The topological polar surface area (TPSA) is 19.6 Å². The molecule has 12 rings (SSSR count). The van der Waals surface area contributed by atoms with Crippen molar-refractivity contribution in [1.29, 1.82) is 0 Å². The molecule has 9 aromatic carbocycles. The van der Waals surface area contributed by atoms with Gasteiger partial charge in [-0.25, -0.2) is 4.39 Å². The van der Waals surface area contributed by atoms with Crippen LogP contribution in [0.4, 0.5) is 32.8 Å². The molecule has 0 bridgehead atoms. The van der Waals surface area contributed by atoms with E-state index in [0.29, 0.717) is 0 Å². The Morgan fingerprint density at radius 3 is 1.78 bits per heavy atom. The molecule has 0 amide bonds. The average molecular weight is 983 g/mol. The fourth-order valence-electron chi connectivity index (χ4n) is 11.6. The van der Waals surface area contributed by atoms with Crippen molar-refractivity contribution in [3.8, 4) is 11.1 Å². The maximum absolute atomic E-state index is 16.5. The highest BCUT2D eigenvalue weighted by Gasteiger charge is 2.50. The highest BCUT2D eigenvalue weighted by molar-refractivity contribution is 7.26. The van der Waals surface area contributed by atoms with E-state index in [1.165, 1.54) is 21.2 Å². The summed E-state index contributed by atoms with van der Waals surface area (Å²) in [6.07, 6.45) is 6.36. The van der Waals surface area contributed by atoms with Crippen LogP contribution in [0.2, 0.25) is 0 Å². The quantitative estimate of drug-likeness (QED) is 0.134. The maximum atomic E-state index is 16.5. The Morgan fingerprint density at radius 2 is 1.12 bits per heavy atom. The molecule has 0 saturated carbocycles. The number of hydrogen-bond donors (Lipinski definition) is 0. The number of thiophene rings is 1. The lowest BCUT2D eigenvalue weighted by atomic mass is 9.67. The Balaban J connectivity index is 1.30. The minimum absolute atomic E-state index is 0.0279. The standard InChI is InChI=1S/C69H59FN2OS/c1-9-10-22-44(2)71(51-37-33-45(34-38-51)67(3,4)5)57-42-55-63(65-61(57)53-29-17-19-31-59(53)73-65)64-56(69(55,47-23-13-11-14-24-47)48-25-21-26-49(70)41-48)43-58(62-54-30-18-20-32-60(54)74-66(62)64)72(50-27-15-12-16-28-50)52-39-35-46(36-40-52)68(6,7)8/h9-43H,1-8H3/b10-9-,44-22+. The van der Waals surface area contributed by atoms with Crippen molar-refractivity contribution in [3.05, 3.63) is 257 Å². The largest absolute Gasteiger partial charge is 0.455 e. The molecule has 0 fully saturated rings. The van der Waals surface area contributed by atoms with E-state index in [-0.39, 0.29) is 16.6 Å². The van der Waals surface area contributed by atoms with Crippen LogP contribution < -0.4 is 9.80 Å². The normalized spacial score (nSPS) is 14.9. The number of fused-ring (bicyclic) bond motifs is 11. The van der Waals surface area contributed by atoms with Gasteiger partial charge in [0.05, 0.1) is 22.2 Å². The van der Waals surface area contributed by atoms with Crippen molar-refractivity contribution in [2.24, 2.45) is 0 Å². The first-order valence-electron chi connectivity index (χ1n) is 25.7. The van der Waals surface area contributed by atoms with E-state index in [4.69, 9.17) is 4.42 Å². The van der Waals surface area contributed by atoms with Gasteiger partial charge in [0.25, 0.3) is 0 Å². The van der Waals surface area contributed by atoms with E-state index in [1.54, 1.807) is 12.1 Å².